The second kappa shape index (κ2) is 10.9. The minimum atomic E-state index is -0.911. The van der Waals surface area contributed by atoms with Crippen LogP contribution in [-0.2, 0) is 14.3 Å². The van der Waals surface area contributed by atoms with Crippen LogP contribution in [0.4, 0.5) is 4.79 Å². The first-order valence-corrected chi connectivity index (χ1v) is 7.26. The number of carboxylic acid groups (broad SMARTS) is 1. The van der Waals surface area contributed by atoms with Crippen LogP contribution >= 0.6 is 0 Å². The summed E-state index contributed by atoms with van der Waals surface area (Å²) >= 11 is 0. The molecule has 122 valence electrons. The van der Waals surface area contributed by atoms with Crippen LogP contribution in [0.25, 0.3) is 0 Å². The van der Waals surface area contributed by atoms with Crippen molar-refractivity contribution in [1.29, 1.82) is 0 Å². The Morgan fingerprint density at radius 2 is 1.86 bits per heavy atom. The summed E-state index contributed by atoms with van der Waals surface area (Å²) in [6.45, 7) is 6.39. The lowest BCUT2D eigenvalue weighted by Crippen LogP contribution is -2.40. The highest BCUT2D eigenvalue weighted by Crippen LogP contribution is 2.10. The molecule has 0 aromatic carbocycles. The van der Waals surface area contributed by atoms with E-state index in [0.717, 1.165) is 0 Å². The number of carbonyl (C=O) groups is 3. The molecule has 0 aliphatic heterocycles. The van der Waals surface area contributed by atoms with E-state index in [1.165, 1.54) is 0 Å². The maximum atomic E-state index is 11.5. The molecule has 0 aliphatic rings. The lowest BCUT2D eigenvalue weighted by atomic mass is 9.97. The third-order valence-corrected chi connectivity index (χ3v) is 2.76. The first-order valence-electron chi connectivity index (χ1n) is 7.26. The van der Waals surface area contributed by atoms with Gasteiger partial charge in [0, 0.05) is 19.5 Å². The van der Waals surface area contributed by atoms with Gasteiger partial charge in [0.15, 0.2) is 0 Å². The number of hydrogen-bond acceptors (Lipinski definition) is 4. The van der Waals surface area contributed by atoms with Crippen molar-refractivity contribution < 1.29 is 24.2 Å². The molecule has 1 atom stereocenters. The van der Waals surface area contributed by atoms with Crippen molar-refractivity contribution in [2.75, 3.05) is 19.7 Å². The minimum absolute atomic E-state index is 0.0945. The van der Waals surface area contributed by atoms with E-state index in [1.807, 2.05) is 13.8 Å². The Labute approximate surface area is 125 Å². The highest BCUT2D eigenvalue weighted by molar-refractivity contribution is 5.76. The minimum Gasteiger partial charge on any atom is -0.481 e. The number of urea groups is 1. The predicted molar refractivity (Wildman–Crippen MR) is 77.8 cm³/mol. The first kappa shape index (κ1) is 19.2. The molecule has 0 bridgehead atoms. The van der Waals surface area contributed by atoms with Gasteiger partial charge in [0.25, 0.3) is 0 Å². The van der Waals surface area contributed by atoms with E-state index in [4.69, 9.17) is 9.84 Å². The normalized spacial score (nSPS) is 11.8. The van der Waals surface area contributed by atoms with Crippen molar-refractivity contribution in [3.63, 3.8) is 0 Å². The van der Waals surface area contributed by atoms with Crippen LogP contribution in [0.15, 0.2) is 0 Å². The van der Waals surface area contributed by atoms with Gasteiger partial charge in [0.2, 0.25) is 0 Å². The Hall–Kier alpha value is -1.79. The van der Waals surface area contributed by atoms with Gasteiger partial charge in [0.1, 0.15) is 0 Å². The highest BCUT2D eigenvalue weighted by Gasteiger charge is 2.19. The molecule has 0 heterocycles. The van der Waals surface area contributed by atoms with Gasteiger partial charge in [-0.1, -0.05) is 13.8 Å². The molecule has 3 N–H and O–H groups in total. The predicted octanol–water partition coefficient (Wildman–Crippen LogP) is 1.38. The van der Waals surface area contributed by atoms with E-state index >= 15 is 0 Å². The zero-order valence-electron chi connectivity index (χ0n) is 13.0. The van der Waals surface area contributed by atoms with Crippen molar-refractivity contribution in [1.82, 2.24) is 10.6 Å². The van der Waals surface area contributed by atoms with Crippen molar-refractivity contribution in [2.24, 2.45) is 11.8 Å². The third kappa shape index (κ3) is 10.6. The SMILES string of the molecule is CCOC(=O)CCCNC(=O)NCC(CC(C)C)C(=O)O. The van der Waals surface area contributed by atoms with E-state index in [2.05, 4.69) is 10.6 Å². The van der Waals surface area contributed by atoms with Gasteiger partial charge in [-0.3, -0.25) is 9.59 Å². The van der Waals surface area contributed by atoms with Crippen molar-refractivity contribution in [2.45, 2.75) is 40.0 Å². The molecule has 21 heavy (non-hydrogen) atoms. The lowest BCUT2D eigenvalue weighted by molar-refractivity contribution is -0.143. The topological polar surface area (TPSA) is 105 Å². The summed E-state index contributed by atoms with van der Waals surface area (Å²) in [6, 6.07) is -0.422. The van der Waals surface area contributed by atoms with Gasteiger partial charge < -0.3 is 20.5 Å². The van der Waals surface area contributed by atoms with E-state index in [0.29, 0.717) is 26.0 Å². The van der Waals surface area contributed by atoms with Crippen LogP contribution in [0.5, 0.6) is 0 Å². The molecule has 2 amide bonds. The molecule has 0 saturated heterocycles. The van der Waals surface area contributed by atoms with Crippen LogP contribution in [0, 0.1) is 11.8 Å². The Morgan fingerprint density at radius 3 is 2.38 bits per heavy atom. The first-order chi connectivity index (χ1) is 9.86. The van der Waals surface area contributed by atoms with E-state index in [9.17, 15) is 14.4 Å². The van der Waals surface area contributed by atoms with Gasteiger partial charge in [0.05, 0.1) is 12.5 Å². The maximum Gasteiger partial charge on any atom is 0.314 e. The van der Waals surface area contributed by atoms with Crippen LogP contribution in [-0.4, -0.2) is 42.8 Å². The molecule has 7 heteroatoms. The molecule has 0 fully saturated rings. The number of ether oxygens (including phenoxy) is 1. The molecule has 0 aliphatic carbocycles. The number of aliphatic carboxylic acids is 1. The molecule has 0 aromatic heterocycles. The quantitative estimate of drug-likeness (QED) is 0.417. The van der Waals surface area contributed by atoms with E-state index in [1.54, 1.807) is 6.92 Å². The average Bonchev–Trinajstić information content (AvgIpc) is 2.39. The second-order valence-electron chi connectivity index (χ2n) is 5.21. The zero-order valence-corrected chi connectivity index (χ0v) is 13.0. The average molecular weight is 302 g/mol. The van der Waals surface area contributed by atoms with Gasteiger partial charge >= 0.3 is 18.0 Å². The summed E-state index contributed by atoms with van der Waals surface area (Å²) in [5.41, 5.74) is 0. The fourth-order valence-electron chi connectivity index (χ4n) is 1.79. The monoisotopic (exact) mass is 302 g/mol. The largest absolute Gasteiger partial charge is 0.481 e. The molecule has 0 saturated carbocycles. The molecule has 1 unspecified atom stereocenters. The fraction of sp³-hybridized carbons (Fsp3) is 0.786. The summed E-state index contributed by atoms with van der Waals surface area (Å²) in [5.74, 6) is -1.54. The number of rotatable bonds is 10. The van der Waals surface area contributed by atoms with E-state index in [-0.39, 0.29) is 24.9 Å². The zero-order chi connectivity index (χ0) is 16.3. The number of esters is 1. The number of amides is 2. The summed E-state index contributed by atoms with van der Waals surface area (Å²) in [4.78, 5) is 33.6. The number of hydrogen-bond donors (Lipinski definition) is 3. The Bertz CT molecular complexity index is 344. The Morgan fingerprint density at radius 1 is 1.19 bits per heavy atom. The second-order valence-corrected chi connectivity index (χ2v) is 5.21. The maximum absolute atomic E-state index is 11.5. The standard InChI is InChI=1S/C14H26N2O5/c1-4-21-12(17)6-5-7-15-14(20)16-9-11(13(18)19)8-10(2)3/h10-11H,4-9H2,1-3H3,(H,18,19)(H2,15,16,20). The summed E-state index contributed by atoms with van der Waals surface area (Å²) in [6.07, 6.45) is 1.25. The van der Waals surface area contributed by atoms with Crippen LogP contribution in [0.1, 0.15) is 40.0 Å². The summed E-state index contributed by atoms with van der Waals surface area (Å²) < 4.78 is 4.76. The van der Waals surface area contributed by atoms with Crippen LogP contribution in [0.3, 0.4) is 0 Å². The molecule has 0 aromatic rings. The molecule has 0 rings (SSSR count). The van der Waals surface area contributed by atoms with Gasteiger partial charge in [-0.05, 0) is 25.7 Å². The molecule has 0 spiro atoms. The van der Waals surface area contributed by atoms with E-state index < -0.39 is 17.9 Å². The highest BCUT2D eigenvalue weighted by atomic mass is 16.5. The lowest BCUT2D eigenvalue weighted by Gasteiger charge is -2.15. The third-order valence-electron chi connectivity index (χ3n) is 2.76. The van der Waals surface area contributed by atoms with Gasteiger partial charge in [-0.25, -0.2) is 4.79 Å². The molecular formula is C14H26N2O5. The fourth-order valence-corrected chi connectivity index (χ4v) is 1.79. The summed E-state index contributed by atoms with van der Waals surface area (Å²) in [7, 11) is 0. The number of carboxylic acids is 1. The van der Waals surface area contributed by atoms with Crippen LogP contribution in [0.2, 0.25) is 0 Å². The molecule has 7 nitrogen and oxygen atoms in total. The smallest absolute Gasteiger partial charge is 0.314 e. The van der Waals surface area contributed by atoms with Gasteiger partial charge in [-0.2, -0.15) is 0 Å². The molecular weight excluding hydrogens is 276 g/mol. The molecule has 0 radical (unpaired) electrons. The van der Waals surface area contributed by atoms with Crippen LogP contribution < -0.4 is 10.6 Å². The van der Waals surface area contributed by atoms with Crippen molar-refractivity contribution in [3.05, 3.63) is 0 Å². The van der Waals surface area contributed by atoms with Gasteiger partial charge in [-0.15, -0.1) is 0 Å². The number of nitrogens with one attached hydrogen (secondary N) is 2. The van der Waals surface area contributed by atoms with Crippen molar-refractivity contribution in [3.8, 4) is 0 Å². The Kier molecular flexibility index (Phi) is 10.0. The Balaban J connectivity index is 3.83. The van der Waals surface area contributed by atoms with Crippen molar-refractivity contribution >= 4 is 18.0 Å². The number of carbonyl (C=O) groups excluding carboxylic acids is 2. The summed E-state index contributed by atoms with van der Waals surface area (Å²) in [5, 5.41) is 14.2.